The molecule has 0 unspecified atom stereocenters. The molecule has 13 heavy (non-hydrogen) atoms. The Balaban J connectivity index is 3.11. The standard InChI is InChI=1S/C11H15NO/c1-9(13)11(2,12-3)10-7-5-4-6-8-10/h4-8,12H,1-3H3/t11-/m1/s1. The number of rotatable bonds is 3. The average molecular weight is 177 g/mol. The van der Waals surface area contributed by atoms with E-state index in [9.17, 15) is 4.79 Å². The van der Waals surface area contributed by atoms with E-state index in [2.05, 4.69) is 5.32 Å². The third-order valence-corrected chi connectivity index (χ3v) is 2.56. The third kappa shape index (κ3) is 1.78. The van der Waals surface area contributed by atoms with Crippen molar-refractivity contribution in [3.8, 4) is 0 Å². The highest BCUT2D eigenvalue weighted by Crippen LogP contribution is 2.20. The minimum atomic E-state index is -0.554. The zero-order valence-corrected chi connectivity index (χ0v) is 8.29. The number of hydrogen-bond acceptors (Lipinski definition) is 2. The molecular formula is C11H15NO. The van der Waals surface area contributed by atoms with Crippen LogP contribution in [-0.2, 0) is 10.3 Å². The first-order chi connectivity index (χ1) is 6.11. The molecule has 0 aromatic heterocycles. The molecule has 0 bridgehead atoms. The summed E-state index contributed by atoms with van der Waals surface area (Å²) in [5, 5.41) is 3.04. The molecule has 2 nitrogen and oxygen atoms in total. The van der Waals surface area contributed by atoms with Crippen LogP contribution in [0.5, 0.6) is 0 Å². The van der Waals surface area contributed by atoms with Gasteiger partial charge in [0.2, 0.25) is 0 Å². The van der Waals surface area contributed by atoms with E-state index in [1.54, 1.807) is 14.0 Å². The maximum absolute atomic E-state index is 11.4. The Labute approximate surface area is 79.0 Å². The number of benzene rings is 1. The van der Waals surface area contributed by atoms with Gasteiger partial charge in [-0.1, -0.05) is 30.3 Å². The predicted molar refractivity (Wildman–Crippen MR) is 53.5 cm³/mol. The fraction of sp³-hybridized carbons (Fsp3) is 0.364. The second-order valence-corrected chi connectivity index (χ2v) is 3.30. The first-order valence-electron chi connectivity index (χ1n) is 4.36. The normalized spacial score (nSPS) is 15.0. The summed E-state index contributed by atoms with van der Waals surface area (Å²) in [5.74, 6) is 0.126. The Bertz CT molecular complexity index is 294. The molecule has 70 valence electrons. The van der Waals surface area contributed by atoms with Crippen molar-refractivity contribution >= 4 is 5.78 Å². The van der Waals surface area contributed by atoms with Crippen LogP contribution in [0.15, 0.2) is 30.3 Å². The maximum Gasteiger partial charge on any atom is 0.154 e. The number of Topliss-reactive ketones (excluding diaryl/α,β-unsaturated/α-hetero) is 1. The minimum absolute atomic E-state index is 0.126. The number of carbonyl (C=O) groups is 1. The van der Waals surface area contributed by atoms with E-state index in [0.717, 1.165) is 5.56 Å². The van der Waals surface area contributed by atoms with Crippen LogP contribution in [0.25, 0.3) is 0 Å². The highest BCUT2D eigenvalue weighted by Gasteiger charge is 2.29. The molecule has 0 saturated carbocycles. The van der Waals surface area contributed by atoms with E-state index in [4.69, 9.17) is 0 Å². The molecule has 1 aromatic carbocycles. The largest absolute Gasteiger partial charge is 0.305 e. The molecule has 1 rings (SSSR count). The fourth-order valence-corrected chi connectivity index (χ4v) is 1.30. The lowest BCUT2D eigenvalue weighted by Crippen LogP contribution is -2.43. The molecule has 0 amide bonds. The minimum Gasteiger partial charge on any atom is -0.305 e. The van der Waals surface area contributed by atoms with Gasteiger partial charge in [-0.25, -0.2) is 0 Å². The Morgan fingerprint density at radius 2 is 1.85 bits per heavy atom. The van der Waals surface area contributed by atoms with Crippen LogP contribution in [-0.4, -0.2) is 12.8 Å². The zero-order valence-electron chi connectivity index (χ0n) is 8.29. The van der Waals surface area contributed by atoms with E-state index in [-0.39, 0.29) is 5.78 Å². The summed E-state index contributed by atoms with van der Waals surface area (Å²) >= 11 is 0. The molecule has 2 heteroatoms. The van der Waals surface area contributed by atoms with Gasteiger partial charge in [-0.05, 0) is 26.5 Å². The summed E-state index contributed by atoms with van der Waals surface area (Å²) in [4.78, 5) is 11.4. The van der Waals surface area contributed by atoms with E-state index in [1.165, 1.54) is 0 Å². The van der Waals surface area contributed by atoms with Crippen LogP contribution in [0.3, 0.4) is 0 Å². The zero-order chi connectivity index (χ0) is 9.90. The molecule has 0 saturated heterocycles. The van der Waals surface area contributed by atoms with E-state index >= 15 is 0 Å². The number of ketones is 1. The maximum atomic E-state index is 11.4. The van der Waals surface area contributed by atoms with Crippen molar-refractivity contribution in [2.24, 2.45) is 0 Å². The summed E-state index contributed by atoms with van der Waals surface area (Å²) in [7, 11) is 1.80. The van der Waals surface area contributed by atoms with Gasteiger partial charge in [-0.3, -0.25) is 4.79 Å². The molecule has 1 aromatic rings. The van der Waals surface area contributed by atoms with Crippen molar-refractivity contribution in [2.75, 3.05) is 7.05 Å². The second kappa shape index (κ2) is 3.71. The lowest BCUT2D eigenvalue weighted by atomic mass is 9.88. The molecule has 0 radical (unpaired) electrons. The lowest BCUT2D eigenvalue weighted by Gasteiger charge is -2.26. The van der Waals surface area contributed by atoms with Crippen molar-refractivity contribution in [1.29, 1.82) is 0 Å². The van der Waals surface area contributed by atoms with E-state index < -0.39 is 5.54 Å². The average Bonchev–Trinajstić information content (AvgIpc) is 2.17. The van der Waals surface area contributed by atoms with Crippen LogP contribution in [0, 0.1) is 0 Å². The molecule has 0 spiro atoms. The van der Waals surface area contributed by atoms with Crippen LogP contribution in [0.1, 0.15) is 19.4 Å². The second-order valence-electron chi connectivity index (χ2n) is 3.30. The monoisotopic (exact) mass is 177 g/mol. The van der Waals surface area contributed by atoms with E-state index in [1.807, 2.05) is 37.3 Å². The Morgan fingerprint density at radius 3 is 2.23 bits per heavy atom. The van der Waals surface area contributed by atoms with E-state index in [0.29, 0.717) is 0 Å². The van der Waals surface area contributed by atoms with Gasteiger partial charge in [0.15, 0.2) is 5.78 Å². The van der Waals surface area contributed by atoms with Crippen molar-refractivity contribution < 1.29 is 4.79 Å². The molecular weight excluding hydrogens is 162 g/mol. The summed E-state index contributed by atoms with van der Waals surface area (Å²) in [5.41, 5.74) is 0.450. The molecule has 0 fully saturated rings. The molecule has 1 atom stereocenters. The van der Waals surface area contributed by atoms with Gasteiger partial charge in [0.25, 0.3) is 0 Å². The van der Waals surface area contributed by atoms with Crippen LogP contribution in [0.4, 0.5) is 0 Å². The number of nitrogens with one attached hydrogen (secondary N) is 1. The summed E-state index contributed by atoms with van der Waals surface area (Å²) < 4.78 is 0. The number of carbonyl (C=O) groups excluding carboxylic acids is 1. The Hall–Kier alpha value is -1.15. The van der Waals surface area contributed by atoms with Crippen molar-refractivity contribution in [1.82, 2.24) is 5.32 Å². The summed E-state index contributed by atoms with van der Waals surface area (Å²) in [6, 6.07) is 9.73. The number of hydrogen-bond donors (Lipinski definition) is 1. The highest BCUT2D eigenvalue weighted by atomic mass is 16.1. The fourth-order valence-electron chi connectivity index (χ4n) is 1.30. The van der Waals surface area contributed by atoms with Gasteiger partial charge in [0, 0.05) is 0 Å². The Kier molecular flexibility index (Phi) is 2.83. The lowest BCUT2D eigenvalue weighted by molar-refractivity contribution is -0.122. The molecule has 0 heterocycles. The first-order valence-corrected chi connectivity index (χ1v) is 4.36. The highest BCUT2D eigenvalue weighted by molar-refractivity contribution is 5.87. The number of likely N-dealkylation sites (N-methyl/N-ethyl adjacent to an activating group) is 1. The van der Waals surface area contributed by atoms with Crippen molar-refractivity contribution in [2.45, 2.75) is 19.4 Å². The SMILES string of the molecule is CN[C@](C)(C(C)=O)c1ccccc1. The molecule has 0 aliphatic heterocycles. The predicted octanol–water partition coefficient (Wildman–Crippen LogP) is 1.71. The van der Waals surface area contributed by atoms with Crippen LogP contribution in [0.2, 0.25) is 0 Å². The first kappa shape index (κ1) is 9.93. The van der Waals surface area contributed by atoms with Crippen molar-refractivity contribution in [3.63, 3.8) is 0 Å². The van der Waals surface area contributed by atoms with Crippen LogP contribution < -0.4 is 5.32 Å². The molecule has 0 aliphatic carbocycles. The van der Waals surface area contributed by atoms with Gasteiger partial charge < -0.3 is 5.32 Å². The summed E-state index contributed by atoms with van der Waals surface area (Å²) in [6.45, 7) is 3.49. The molecule has 0 aliphatic rings. The van der Waals surface area contributed by atoms with Gasteiger partial charge in [0.1, 0.15) is 0 Å². The smallest absolute Gasteiger partial charge is 0.154 e. The van der Waals surface area contributed by atoms with Gasteiger partial charge in [0.05, 0.1) is 5.54 Å². The van der Waals surface area contributed by atoms with Gasteiger partial charge in [-0.2, -0.15) is 0 Å². The molecule has 1 N–H and O–H groups in total. The quantitative estimate of drug-likeness (QED) is 0.761. The van der Waals surface area contributed by atoms with Gasteiger partial charge in [-0.15, -0.1) is 0 Å². The third-order valence-electron chi connectivity index (χ3n) is 2.56. The topological polar surface area (TPSA) is 29.1 Å². The van der Waals surface area contributed by atoms with Gasteiger partial charge >= 0.3 is 0 Å². The summed E-state index contributed by atoms with van der Waals surface area (Å²) in [6.07, 6.45) is 0. The van der Waals surface area contributed by atoms with Crippen molar-refractivity contribution in [3.05, 3.63) is 35.9 Å². The van der Waals surface area contributed by atoms with Crippen LogP contribution >= 0.6 is 0 Å². The Morgan fingerprint density at radius 1 is 1.31 bits per heavy atom.